The van der Waals surface area contributed by atoms with Gasteiger partial charge in [-0.2, -0.15) is 5.10 Å². The molecule has 1 aliphatic heterocycles. The standard InChI is InChI=1S/C19H21Cl2N7O/c1-27(19-16-8-25-26-18(16)23-11-24-19)15-3-2-4-28(10-15)17(29)9-22-14-6-12(20)5-13(21)7-14/h5-8,11,15,22H,2-4,9-10H2,1H3,(H,23,24,25,26)/t15-/m1/s1. The van der Waals surface area contributed by atoms with Crippen molar-refractivity contribution in [3.05, 3.63) is 40.8 Å². The fourth-order valence-electron chi connectivity index (χ4n) is 3.65. The summed E-state index contributed by atoms with van der Waals surface area (Å²) in [5.74, 6) is 0.852. The van der Waals surface area contributed by atoms with Crippen LogP contribution in [0.25, 0.3) is 11.0 Å². The normalized spacial score (nSPS) is 16.8. The summed E-state index contributed by atoms with van der Waals surface area (Å²) in [6.07, 6.45) is 5.18. The molecule has 0 unspecified atom stereocenters. The number of hydrogen-bond acceptors (Lipinski definition) is 6. The van der Waals surface area contributed by atoms with E-state index in [1.807, 2.05) is 11.9 Å². The van der Waals surface area contributed by atoms with Gasteiger partial charge < -0.3 is 15.1 Å². The lowest BCUT2D eigenvalue weighted by molar-refractivity contribution is -0.130. The minimum atomic E-state index is 0.0374. The van der Waals surface area contributed by atoms with E-state index in [0.717, 1.165) is 36.3 Å². The zero-order valence-electron chi connectivity index (χ0n) is 15.9. The topological polar surface area (TPSA) is 90.0 Å². The number of nitrogens with zero attached hydrogens (tertiary/aromatic N) is 5. The van der Waals surface area contributed by atoms with Crippen LogP contribution in [0.5, 0.6) is 0 Å². The maximum absolute atomic E-state index is 12.8. The zero-order chi connectivity index (χ0) is 20.4. The molecule has 2 aromatic heterocycles. The number of benzene rings is 1. The molecule has 1 fully saturated rings. The summed E-state index contributed by atoms with van der Waals surface area (Å²) in [7, 11) is 2.00. The average molecular weight is 434 g/mol. The smallest absolute Gasteiger partial charge is 0.241 e. The van der Waals surface area contributed by atoms with Crippen molar-refractivity contribution in [2.24, 2.45) is 0 Å². The number of anilines is 2. The van der Waals surface area contributed by atoms with Crippen LogP contribution in [0.15, 0.2) is 30.7 Å². The van der Waals surface area contributed by atoms with Crippen LogP contribution in [0.3, 0.4) is 0 Å². The van der Waals surface area contributed by atoms with E-state index in [4.69, 9.17) is 23.2 Å². The van der Waals surface area contributed by atoms with Gasteiger partial charge in [0.15, 0.2) is 5.65 Å². The SMILES string of the molecule is CN(c1ncnc2[nH]ncc12)[C@@H]1CCCN(C(=O)CNc2cc(Cl)cc(Cl)c2)C1. The molecule has 1 atom stereocenters. The van der Waals surface area contributed by atoms with Gasteiger partial charge in [-0.1, -0.05) is 23.2 Å². The number of fused-ring (bicyclic) bond motifs is 1. The number of aromatic nitrogens is 4. The number of nitrogens with one attached hydrogen (secondary N) is 2. The first-order chi connectivity index (χ1) is 14.0. The summed E-state index contributed by atoms with van der Waals surface area (Å²) in [6, 6.07) is 5.32. The van der Waals surface area contributed by atoms with Crippen LogP contribution in [0, 0.1) is 0 Å². The number of likely N-dealkylation sites (tertiary alicyclic amines) is 1. The average Bonchev–Trinajstić information content (AvgIpc) is 3.20. The van der Waals surface area contributed by atoms with Crippen LogP contribution < -0.4 is 10.2 Å². The highest BCUT2D eigenvalue weighted by molar-refractivity contribution is 6.35. The molecule has 10 heteroatoms. The lowest BCUT2D eigenvalue weighted by atomic mass is 10.0. The summed E-state index contributed by atoms with van der Waals surface area (Å²) in [4.78, 5) is 25.4. The Labute approximate surface area is 178 Å². The molecular formula is C19H21Cl2N7O. The predicted octanol–water partition coefficient (Wildman–Crippen LogP) is 3.20. The Morgan fingerprint density at radius 3 is 2.90 bits per heavy atom. The molecule has 1 aromatic carbocycles. The van der Waals surface area contributed by atoms with Gasteiger partial charge in [-0.15, -0.1) is 0 Å². The monoisotopic (exact) mass is 433 g/mol. The predicted molar refractivity (Wildman–Crippen MR) is 115 cm³/mol. The molecule has 0 radical (unpaired) electrons. The van der Waals surface area contributed by atoms with Gasteiger partial charge >= 0.3 is 0 Å². The Balaban J connectivity index is 1.41. The van der Waals surface area contributed by atoms with Crippen molar-refractivity contribution >= 4 is 51.6 Å². The molecule has 0 spiro atoms. The second-order valence-electron chi connectivity index (χ2n) is 7.09. The number of aromatic amines is 1. The van der Waals surface area contributed by atoms with Gasteiger partial charge in [-0.3, -0.25) is 9.89 Å². The van der Waals surface area contributed by atoms with Crippen molar-refractivity contribution in [1.29, 1.82) is 0 Å². The molecule has 4 rings (SSSR count). The molecule has 3 aromatic rings. The number of amides is 1. The van der Waals surface area contributed by atoms with Crippen LogP contribution in [-0.2, 0) is 4.79 Å². The molecule has 8 nitrogen and oxygen atoms in total. The van der Waals surface area contributed by atoms with Crippen LogP contribution in [0.2, 0.25) is 10.0 Å². The second-order valence-corrected chi connectivity index (χ2v) is 7.96. The Hall–Kier alpha value is -2.58. The summed E-state index contributed by atoms with van der Waals surface area (Å²) < 4.78 is 0. The third kappa shape index (κ3) is 4.38. The van der Waals surface area contributed by atoms with Gasteiger partial charge in [0.2, 0.25) is 5.91 Å². The second kappa shape index (κ2) is 8.42. The van der Waals surface area contributed by atoms with Crippen LogP contribution in [0.4, 0.5) is 11.5 Å². The van der Waals surface area contributed by atoms with Gasteiger partial charge in [0, 0.05) is 41.9 Å². The summed E-state index contributed by atoms with van der Waals surface area (Å²) in [5, 5.41) is 12.0. The number of carbonyl (C=O) groups excluding carboxylic acids is 1. The van der Waals surface area contributed by atoms with E-state index in [0.29, 0.717) is 22.2 Å². The number of rotatable bonds is 5. The molecule has 1 aliphatic rings. The maximum Gasteiger partial charge on any atom is 0.241 e. The Morgan fingerprint density at radius 2 is 2.10 bits per heavy atom. The highest BCUT2D eigenvalue weighted by atomic mass is 35.5. The van der Waals surface area contributed by atoms with E-state index in [2.05, 4.69) is 30.4 Å². The highest BCUT2D eigenvalue weighted by Crippen LogP contribution is 2.26. The van der Waals surface area contributed by atoms with Crippen molar-refractivity contribution in [1.82, 2.24) is 25.1 Å². The van der Waals surface area contributed by atoms with Gasteiger partial charge in [0.05, 0.1) is 18.1 Å². The third-order valence-corrected chi connectivity index (χ3v) is 5.60. The first-order valence-electron chi connectivity index (χ1n) is 9.36. The largest absolute Gasteiger partial charge is 0.376 e. The fraction of sp³-hybridized carbons (Fsp3) is 0.368. The van der Waals surface area contributed by atoms with E-state index >= 15 is 0 Å². The molecular weight excluding hydrogens is 413 g/mol. The highest BCUT2D eigenvalue weighted by Gasteiger charge is 2.27. The van der Waals surface area contributed by atoms with Crippen LogP contribution in [0.1, 0.15) is 12.8 Å². The lowest BCUT2D eigenvalue weighted by Crippen LogP contribution is -2.50. The molecule has 0 bridgehead atoms. The zero-order valence-corrected chi connectivity index (χ0v) is 17.4. The van der Waals surface area contributed by atoms with Crippen molar-refractivity contribution in [3.8, 4) is 0 Å². The quantitative estimate of drug-likeness (QED) is 0.641. The van der Waals surface area contributed by atoms with Crippen molar-refractivity contribution in [3.63, 3.8) is 0 Å². The molecule has 1 saturated heterocycles. The number of halogens is 2. The molecule has 3 heterocycles. The molecule has 0 saturated carbocycles. The first-order valence-corrected chi connectivity index (χ1v) is 10.1. The number of H-pyrrole nitrogens is 1. The Bertz CT molecular complexity index is 1000. The Morgan fingerprint density at radius 1 is 1.31 bits per heavy atom. The van der Waals surface area contributed by atoms with E-state index in [1.54, 1.807) is 24.4 Å². The molecule has 0 aliphatic carbocycles. The number of piperidine rings is 1. The van der Waals surface area contributed by atoms with E-state index in [-0.39, 0.29) is 18.5 Å². The molecule has 29 heavy (non-hydrogen) atoms. The molecule has 2 N–H and O–H groups in total. The third-order valence-electron chi connectivity index (χ3n) is 5.16. The molecule has 1 amide bonds. The number of hydrogen-bond donors (Lipinski definition) is 2. The van der Waals surface area contributed by atoms with E-state index in [9.17, 15) is 4.79 Å². The van der Waals surface area contributed by atoms with Crippen molar-refractivity contribution < 1.29 is 4.79 Å². The van der Waals surface area contributed by atoms with E-state index in [1.165, 1.54) is 6.33 Å². The summed E-state index contributed by atoms with van der Waals surface area (Å²) >= 11 is 12.0. The first kappa shape index (κ1) is 19.7. The number of likely N-dealkylation sites (N-methyl/N-ethyl adjacent to an activating group) is 1. The van der Waals surface area contributed by atoms with Gasteiger partial charge in [-0.25, -0.2) is 9.97 Å². The van der Waals surface area contributed by atoms with Crippen molar-refractivity contribution in [2.45, 2.75) is 18.9 Å². The minimum absolute atomic E-state index is 0.0374. The van der Waals surface area contributed by atoms with Crippen molar-refractivity contribution in [2.75, 3.05) is 36.9 Å². The van der Waals surface area contributed by atoms with Gasteiger partial charge in [-0.05, 0) is 31.0 Å². The summed E-state index contributed by atoms with van der Waals surface area (Å²) in [6.45, 7) is 1.56. The summed E-state index contributed by atoms with van der Waals surface area (Å²) in [5.41, 5.74) is 1.43. The minimum Gasteiger partial charge on any atom is -0.376 e. The van der Waals surface area contributed by atoms with Crippen LogP contribution >= 0.6 is 23.2 Å². The van der Waals surface area contributed by atoms with Gasteiger partial charge in [0.1, 0.15) is 12.1 Å². The van der Waals surface area contributed by atoms with Gasteiger partial charge in [0.25, 0.3) is 0 Å². The van der Waals surface area contributed by atoms with Crippen LogP contribution in [-0.4, -0.2) is 63.7 Å². The maximum atomic E-state index is 12.8. The fourth-order valence-corrected chi connectivity index (χ4v) is 4.18. The lowest BCUT2D eigenvalue weighted by Gasteiger charge is -2.38. The molecule has 152 valence electrons. The Kier molecular flexibility index (Phi) is 5.73. The van der Waals surface area contributed by atoms with E-state index < -0.39 is 0 Å². The number of carbonyl (C=O) groups is 1.